The molecule has 0 saturated carbocycles. The predicted octanol–water partition coefficient (Wildman–Crippen LogP) is 3.90. The Morgan fingerprint density at radius 1 is 0.818 bits per heavy atom. The number of amidine groups is 2. The third-order valence-corrected chi connectivity index (χ3v) is 3.93. The van der Waals surface area contributed by atoms with Crippen molar-refractivity contribution in [2.75, 3.05) is 0 Å². The maximum absolute atomic E-state index is 13.7. The lowest BCUT2D eigenvalue weighted by Gasteiger charge is -2.12. The van der Waals surface area contributed by atoms with E-state index in [0.29, 0.717) is 16.7 Å². The number of hydrogen-bond acceptors (Lipinski definition) is 2. The van der Waals surface area contributed by atoms with Crippen LogP contribution in [0.2, 0.25) is 0 Å². The van der Waals surface area contributed by atoms with Gasteiger partial charge in [0.05, 0.1) is 0 Å². The lowest BCUT2D eigenvalue weighted by Crippen LogP contribution is -2.20. The molecule has 3 aromatic carbocycles. The first-order chi connectivity index (χ1) is 10.6. The van der Waals surface area contributed by atoms with E-state index in [2.05, 4.69) is 5.32 Å². The summed E-state index contributed by atoms with van der Waals surface area (Å²) in [5.41, 5.74) is 2.86. The second kappa shape index (κ2) is 4.49. The van der Waals surface area contributed by atoms with Crippen molar-refractivity contribution in [3.05, 3.63) is 71.5 Å². The Balaban J connectivity index is 2.18. The highest BCUT2D eigenvalue weighted by atomic mass is 19.1. The monoisotopic (exact) mass is 289 g/mol. The highest BCUT2D eigenvalue weighted by molar-refractivity contribution is 6.28. The van der Waals surface area contributed by atoms with Crippen LogP contribution in [0.5, 0.6) is 0 Å². The van der Waals surface area contributed by atoms with Gasteiger partial charge in [0.1, 0.15) is 17.5 Å². The van der Waals surface area contributed by atoms with Gasteiger partial charge in [0.15, 0.2) is 0 Å². The Bertz CT molecular complexity index is 960. The molecule has 4 rings (SSSR count). The second-order valence-corrected chi connectivity index (χ2v) is 5.28. The van der Waals surface area contributed by atoms with Gasteiger partial charge in [-0.3, -0.25) is 10.8 Å². The summed E-state index contributed by atoms with van der Waals surface area (Å²) in [7, 11) is 0. The molecule has 0 fully saturated rings. The number of halogens is 1. The van der Waals surface area contributed by atoms with Crippen molar-refractivity contribution in [3.8, 4) is 11.1 Å². The molecule has 1 aliphatic rings. The van der Waals surface area contributed by atoms with Gasteiger partial charge in [0.25, 0.3) is 0 Å². The number of benzene rings is 3. The van der Waals surface area contributed by atoms with Gasteiger partial charge >= 0.3 is 0 Å². The molecule has 3 aromatic rings. The van der Waals surface area contributed by atoms with Gasteiger partial charge in [0.2, 0.25) is 0 Å². The van der Waals surface area contributed by atoms with Crippen LogP contribution in [0.3, 0.4) is 0 Å². The molecule has 0 radical (unpaired) electrons. The lowest BCUT2D eigenvalue weighted by atomic mass is 9.90. The summed E-state index contributed by atoms with van der Waals surface area (Å²) in [5, 5.41) is 20.8. The van der Waals surface area contributed by atoms with Crippen molar-refractivity contribution in [2.45, 2.75) is 0 Å². The number of nitrogens with one attached hydrogen (secondary N) is 3. The summed E-state index contributed by atoms with van der Waals surface area (Å²) >= 11 is 0. The largest absolute Gasteiger partial charge is 0.325 e. The fourth-order valence-corrected chi connectivity index (χ4v) is 3.00. The number of rotatable bonds is 1. The molecule has 0 aliphatic carbocycles. The van der Waals surface area contributed by atoms with Gasteiger partial charge in [0, 0.05) is 16.7 Å². The topological polar surface area (TPSA) is 59.7 Å². The van der Waals surface area contributed by atoms with Gasteiger partial charge in [-0.15, -0.1) is 0 Å². The summed E-state index contributed by atoms with van der Waals surface area (Å²) in [5.74, 6) is 0.0835. The third-order valence-electron chi connectivity index (χ3n) is 3.93. The number of hydrogen-bond donors (Lipinski definition) is 3. The molecule has 4 heteroatoms. The van der Waals surface area contributed by atoms with Gasteiger partial charge in [-0.1, -0.05) is 36.4 Å². The van der Waals surface area contributed by atoms with E-state index < -0.39 is 0 Å². The van der Waals surface area contributed by atoms with Gasteiger partial charge in [-0.05, 0) is 34.5 Å². The molecular weight excluding hydrogens is 277 g/mol. The fraction of sp³-hybridized carbons (Fsp3) is 0. The van der Waals surface area contributed by atoms with Crippen molar-refractivity contribution >= 4 is 22.4 Å². The molecule has 1 aliphatic heterocycles. The van der Waals surface area contributed by atoms with Crippen LogP contribution in [0.1, 0.15) is 11.1 Å². The highest BCUT2D eigenvalue weighted by Gasteiger charge is 2.26. The normalized spacial score (nSPS) is 13.3. The van der Waals surface area contributed by atoms with E-state index in [1.807, 2.05) is 36.4 Å². The molecule has 22 heavy (non-hydrogen) atoms. The number of fused-ring (bicyclic) bond motifs is 2. The Kier molecular flexibility index (Phi) is 2.60. The predicted molar refractivity (Wildman–Crippen MR) is 86.1 cm³/mol. The van der Waals surface area contributed by atoms with E-state index in [1.165, 1.54) is 12.1 Å². The zero-order valence-electron chi connectivity index (χ0n) is 11.6. The van der Waals surface area contributed by atoms with Crippen molar-refractivity contribution in [1.29, 1.82) is 10.8 Å². The van der Waals surface area contributed by atoms with E-state index >= 15 is 0 Å². The quantitative estimate of drug-likeness (QED) is 0.625. The van der Waals surface area contributed by atoms with Crippen LogP contribution in [-0.4, -0.2) is 11.7 Å². The zero-order chi connectivity index (χ0) is 15.3. The molecule has 0 unspecified atom stereocenters. The zero-order valence-corrected chi connectivity index (χ0v) is 11.6. The van der Waals surface area contributed by atoms with E-state index in [0.717, 1.165) is 16.3 Å². The van der Waals surface area contributed by atoms with E-state index in [-0.39, 0.29) is 17.5 Å². The molecule has 0 bridgehead atoms. The van der Waals surface area contributed by atoms with Crippen LogP contribution in [-0.2, 0) is 0 Å². The minimum atomic E-state index is -0.313. The van der Waals surface area contributed by atoms with Crippen molar-refractivity contribution in [1.82, 2.24) is 5.32 Å². The molecule has 0 spiro atoms. The molecular formula is C18H12FN3. The minimum absolute atomic E-state index is 0.185. The fourth-order valence-electron chi connectivity index (χ4n) is 3.00. The van der Waals surface area contributed by atoms with E-state index in [1.54, 1.807) is 6.07 Å². The van der Waals surface area contributed by atoms with Gasteiger partial charge in [-0.25, -0.2) is 4.39 Å². The smallest absolute Gasteiger partial charge is 0.132 e. The average Bonchev–Trinajstić information content (AvgIpc) is 2.79. The third kappa shape index (κ3) is 1.74. The maximum atomic E-state index is 13.7. The van der Waals surface area contributed by atoms with Gasteiger partial charge in [-0.2, -0.15) is 0 Å². The first-order valence-electron chi connectivity index (χ1n) is 6.92. The maximum Gasteiger partial charge on any atom is 0.132 e. The standard InChI is InChI=1S/C18H12FN3/c19-12-6-3-5-11(8-12)15-13-7-2-1-4-10(13)9-14-16(15)18(21)22-17(14)20/h1-9H,(H3,20,21,22). The molecule has 3 nitrogen and oxygen atoms in total. The molecule has 0 atom stereocenters. The van der Waals surface area contributed by atoms with Crippen LogP contribution >= 0.6 is 0 Å². The second-order valence-electron chi connectivity index (χ2n) is 5.28. The van der Waals surface area contributed by atoms with Crippen LogP contribution in [0, 0.1) is 16.6 Å². The lowest BCUT2D eigenvalue weighted by molar-refractivity contribution is 0.628. The Morgan fingerprint density at radius 3 is 2.45 bits per heavy atom. The highest BCUT2D eigenvalue weighted by Crippen LogP contribution is 2.36. The molecule has 1 heterocycles. The van der Waals surface area contributed by atoms with Crippen LogP contribution in [0.4, 0.5) is 4.39 Å². The minimum Gasteiger partial charge on any atom is -0.325 e. The molecule has 0 aromatic heterocycles. The summed E-state index contributed by atoms with van der Waals surface area (Å²) in [6, 6.07) is 16.1. The Hall–Kier alpha value is -3.01. The molecule has 0 saturated heterocycles. The van der Waals surface area contributed by atoms with Gasteiger partial charge < -0.3 is 5.32 Å². The SMILES string of the molecule is N=C1NC(=N)c2c1cc1ccccc1c2-c1cccc(F)c1. The van der Waals surface area contributed by atoms with Crippen LogP contribution in [0.25, 0.3) is 21.9 Å². The molecule has 106 valence electrons. The van der Waals surface area contributed by atoms with E-state index in [4.69, 9.17) is 10.8 Å². The van der Waals surface area contributed by atoms with E-state index in [9.17, 15) is 4.39 Å². The van der Waals surface area contributed by atoms with Crippen molar-refractivity contribution in [2.24, 2.45) is 0 Å². The summed E-state index contributed by atoms with van der Waals surface area (Å²) in [6.45, 7) is 0. The molecule has 3 N–H and O–H groups in total. The first-order valence-corrected chi connectivity index (χ1v) is 6.92. The summed E-state index contributed by atoms with van der Waals surface area (Å²) in [6.07, 6.45) is 0. The van der Waals surface area contributed by atoms with Crippen molar-refractivity contribution in [3.63, 3.8) is 0 Å². The van der Waals surface area contributed by atoms with Crippen LogP contribution < -0.4 is 5.32 Å². The first kappa shape index (κ1) is 12.7. The average molecular weight is 289 g/mol. The van der Waals surface area contributed by atoms with Crippen LogP contribution in [0.15, 0.2) is 54.6 Å². The summed E-state index contributed by atoms with van der Waals surface area (Å²) < 4.78 is 13.7. The Labute approximate surface area is 126 Å². The summed E-state index contributed by atoms with van der Waals surface area (Å²) in [4.78, 5) is 0. The molecule has 0 amide bonds. The Morgan fingerprint density at radius 2 is 1.64 bits per heavy atom. The van der Waals surface area contributed by atoms with Crippen molar-refractivity contribution < 1.29 is 4.39 Å².